The fourth-order valence-electron chi connectivity index (χ4n) is 3.79. The van der Waals surface area contributed by atoms with Crippen LogP contribution in [0.2, 0.25) is 0 Å². The third kappa shape index (κ3) is 4.37. The predicted octanol–water partition coefficient (Wildman–Crippen LogP) is 2.55. The average Bonchev–Trinajstić information content (AvgIpc) is 3.13. The molecule has 8 nitrogen and oxygen atoms in total. The van der Waals surface area contributed by atoms with Crippen LogP contribution in [0.1, 0.15) is 18.4 Å². The third-order valence-corrected chi connectivity index (χ3v) is 5.46. The van der Waals surface area contributed by atoms with Crippen molar-refractivity contribution in [1.82, 2.24) is 9.88 Å². The Morgan fingerprint density at radius 3 is 2.60 bits per heavy atom. The van der Waals surface area contributed by atoms with E-state index in [2.05, 4.69) is 22.4 Å². The Bertz CT molecular complexity index is 1110. The molecule has 0 bridgehead atoms. The van der Waals surface area contributed by atoms with Crippen LogP contribution in [0.25, 0.3) is 11.1 Å². The van der Waals surface area contributed by atoms with Gasteiger partial charge in [-0.3, -0.25) is 14.6 Å². The normalized spacial score (nSPS) is 14.6. The van der Waals surface area contributed by atoms with Crippen molar-refractivity contribution in [2.75, 3.05) is 25.5 Å². The van der Waals surface area contributed by atoms with Crippen LogP contribution in [0, 0.1) is 5.92 Å². The van der Waals surface area contributed by atoms with E-state index in [0.717, 1.165) is 25.0 Å². The van der Waals surface area contributed by atoms with Crippen LogP contribution in [0.4, 0.5) is 5.69 Å². The molecule has 1 saturated heterocycles. The summed E-state index contributed by atoms with van der Waals surface area (Å²) in [5.74, 6) is -0.496. The standard InChI is InChI=1S/C22H23N3O5/c1-29-17-5-2-14(3-6-17)12-15-8-10-25(11-9-15)21(27)20(26)23-16-4-7-18-19(13-16)30-22(28)24-18/h2-7,13,15H,8-12H2,1H3,(H,23,26)(H,24,28). The number of piperidine rings is 1. The molecule has 0 atom stereocenters. The number of nitrogens with zero attached hydrogens (tertiary/aromatic N) is 1. The highest BCUT2D eigenvalue weighted by Gasteiger charge is 2.27. The number of methoxy groups -OCH3 is 1. The Hall–Kier alpha value is -3.55. The molecule has 4 rings (SSSR count). The Morgan fingerprint density at radius 2 is 1.90 bits per heavy atom. The predicted molar refractivity (Wildman–Crippen MR) is 111 cm³/mol. The summed E-state index contributed by atoms with van der Waals surface area (Å²) in [4.78, 5) is 40.2. The molecule has 0 saturated carbocycles. The van der Waals surface area contributed by atoms with Gasteiger partial charge in [-0.05, 0) is 55.0 Å². The van der Waals surface area contributed by atoms with Gasteiger partial charge in [-0.15, -0.1) is 0 Å². The molecule has 0 spiro atoms. The summed E-state index contributed by atoms with van der Waals surface area (Å²) in [6.07, 6.45) is 2.65. The first-order valence-corrected chi connectivity index (χ1v) is 9.88. The number of aromatic nitrogens is 1. The molecule has 0 unspecified atom stereocenters. The molecule has 1 aliphatic heterocycles. The molecule has 2 heterocycles. The van der Waals surface area contributed by atoms with Crippen molar-refractivity contribution >= 4 is 28.6 Å². The highest BCUT2D eigenvalue weighted by molar-refractivity contribution is 6.39. The molecule has 1 aromatic heterocycles. The number of rotatable bonds is 4. The summed E-state index contributed by atoms with van der Waals surface area (Å²) >= 11 is 0. The Morgan fingerprint density at radius 1 is 1.17 bits per heavy atom. The van der Waals surface area contributed by atoms with Crippen molar-refractivity contribution in [2.24, 2.45) is 5.92 Å². The maximum atomic E-state index is 12.5. The van der Waals surface area contributed by atoms with Crippen molar-refractivity contribution in [3.63, 3.8) is 0 Å². The van der Waals surface area contributed by atoms with Gasteiger partial charge >= 0.3 is 17.6 Å². The van der Waals surface area contributed by atoms with Gasteiger partial charge in [0.25, 0.3) is 0 Å². The van der Waals surface area contributed by atoms with Crippen LogP contribution in [-0.2, 0) is 16.0 Å². The summed E-state index contributed by atoms with van der Waals surface area (Å²) in [7, 11) is 1.65. The molecule has 1 aliphatic rings. The van der Waals surface area contributed by atoms with Crippen molar-refractivity contribution < 1.29 is 18.7 Å². The van der Waals surface area contributed by atoms with E-state index in [1.807, 2.05) is 12.1 Å². The topological polar surface area (TPSA) is 105 Å². The van der Waals surface area contributed by atoms with Gasteiger partial charge in [-0.25, -0.2) is 4.79 Å². The number of ether oxygens (including phenoxy) is 1. The van der Waals surface area contributed by atoms with Crippen LogP contribution < -0.4 is 15.8 Å². The summed E-state index contributed by atoms with van der Waals surface area (Å²) in [5, 5.41) is 2.58. The van der Waals surface area contributed by atoms with Crippen LogP contribution >= 0.6 is 0 Å². The molecule has 2 N–H and O–H groups in total. The zero-order valence-corrected chi connectivity index (χ0v) is 16.6. The van der Waals surface area contributed by atoms with Gasteiger partial charge in [-0.2, -0.15) is 0 Å². The van der Waals surface area contributed by atoms with Crippen LogP contribution in [-0.4, -0.2) is 41.9 Å². The molecular formula is C22H23N3O5. The first kappa shape index (κ1) is 19.8. The lowest BCUT2D eigenvalue weighted by atomic mass is 9.90. The second-order valence-electron chi connectivity index (χ2n) is 7.47. The number of carbonyl (C=O) groups is 2. The number of anilines is 1. The fraction of sp³-hybridized carbons (Fsp3) is 0.318. The van der Waals surface area contributed by atoms with E-state index in [9.17, 15) is 14.4 Å². The molecule has 30 heavy (non-hydrogen) atoms. The molecular weight excluding hydrogens is 386 g/mol. The van der Waals surface area contributed by atoms with Gasteiger partial charge in [0.15, 0.2) is 5.58 Å². The summed E-state index contributed by atoms with van der Waals surface area (Å²) in [5.41, 5.74) is 2.50. The Balaban J connectivity index is 1.30. The van der Waals surface area contributed by atoms with Crippen LogP contribution in [0.3, 0.4) is 0 Å². The Kier molecular flexibility index (Phi) is 5.56. The van der Waals surface area contributed by atoms with Gasteiger partial charge in [0.1, 0.15) is 5.75 Å². The zero-order valence-electron chi connectivity index (χ0n) is 16.6. The van der Waals surface area contributed by atoms with E-state index in [1.165, 1.54) is 11.6 Å². The molecule has 8 heteroatoms. The maximum absolute atomic E-state index is 12.5. The van der Waals surface area contributed by atoms with E-state index < -0.39 is 17.6 Å². The van der Waals surface area contributed by atoms with E-state index >= 15 is 0 Å². The first-order valence-electron chi connectivity index (χ1n) is 9.88. The molecule has 1 fully saturated rings. The van der Waals surface area contributed by atoms with Crippen molar-refractivity contribution in [3.8, 4) is 5.75 Å². The number of oxazole rings is 1. The fourth-order valence-corrected chi connectivity index (χ4v) is 3.79. The average molecular weight is 409 g/mol. The molecule has 156 valence electrons. The lowest BCUT2D eigenvalue weighted by Gasteiger charge is -2.31. The minimum atomic E-state index is -0.694. The van der Waals surface area contributed by atoms with Gasteiger partial charge in [0.2, 0.25) is 0 Å². The number of aromatic amines is 1. The monoisotopic (exact) mass is 409 g/mol. The van der Waals surface area contributed by atoms with Gasteiger partial charge < -0.3 is 19.4 Å². The number of carbonyl (C=O) groups excluding carboxylic acids is 2. The number of hydrogen-bond donors (Lipinski definition) is 2. The molecule has 3 aromatic rings. The lowest BCUT2D eigenvalue weighted by molar-refractivity contribution is -0.144. The quantitative estimate of drug-likeness (QED) is 0.645. The first-order chi connectivity index (χ1) is 14.5. The highest BCUT2D eigenvalue weighted by Crippen LogP contribution is 2.23. The minimum absolute atomic E-state index is 0.324. The number of amides is 2. The smallest absolute Gasteiger partial charge is 0.417 e. The van der Waals surface area contributed by atoms with Gasteiger partial charge in [0.05, 0.1) is 12.6 Å². The van der Waals surface area contributed by atoms with E-state index in [-0.39, 0.29) is 0 Å². The second-order valence-corrected chi connectivity index (χ2v) is 7.47. The van der Waals surface area contributed by atoms with Crippen molar-refractivity contribution in [3.05, 3.63) is 58.6 Å². The maximum Gasteiger partial charge on any atom is 0.417 e. The summed E-state index contributed by atoms with van der Waals surface area (Å²) in [6, 6.07) is 12.8. The van der Waals surface area contributed by atoms with Gasteiger partial charge in [-0.1, -0.05) is 12.1 Å². The largest absolute Gasteiger partial charge is 0.497 e. The third-order valence-electron chi connectivity index (χ3n) is 5.46. The molecule has 0 aliphatic carbocycles. The highest BCUT2D eigenvalue weighted by atomic mass is 16.5. The number of H-pyrrole nitrogens is 1. The number of hydrogen-bond acceptors (Lipinski definition) is 5. The van der Waals surface area contributed by atoms with E-state index in [0.29, 0.717) is 35.8 Å². The van der Waals surface area contributed by atoms with E-state index in [1.54, 1.807) is 24.1 Å². The number of benzene rings is 2. The minimum Gasteiger partial charge on any atom is -0.497 e. The number of nitrogens with one attached hydrogen (secondary N) is 2. The Labute approximate surface area is 172 Å². The van der Waals surface area contributed by atoms with Crippen LogP contribution in [0.5, 0.6) is 5.75 Å². The van der Waals surface area contributed by atoms with Gasteiger partial charge in [0, 0.05) is 24.8 Å². The molecule has 2 aromatic carbocycles. The van der Waals surface area contributed by atoms with Crippen molar-refractivity contribution in [1.29, 1.82) is 0 Å². The number of fused-ring (bicyclic) bond motifs is 1. The lowest BCUT2D eigenvalue weighted by Crippen LogP contribution is -2.44. The van der Waals surface area contributed by atoms with Crippen molar-refractivity contribution in [2.45, 2.75) is 19.3 Å². The molecule has 0 radical (unpaired) electrons. The summed E-state index contributed by atoms with van der Waals surface area (Å²) in [6.45, 7) is 1.11. The van der Waals surface area contributed by atoms with Crippen LogP contribution in [0.15, 0.2) is 51.7 Å². The summed E-state index contributed by atoms with van der Waals surface area (Å²) < 4.78 is 10.2. The SMILES string of the molecule is COc1ccc(CC2CCN(C(=O)C(=O)Nc3ccc4[nH]c(=O)oc4c3)CC2)cc1. The zero-order chi connectivity index (χ0) is 21.1. The molecule has 2 amide bonds. The number of likely N-dealkylation sites (tertiary alicyclic amines) is 1. The second kappa shape index (κ2) is 8.44. The van der Waals surface area contributed by atoms with E-state index in [4.69, 9.17) is 9.15 Å².